The van der Waals surface area contributed by atoms with Gasteiger partial charge in [0.15, 0.2) is 0 Å². The third-order valence-electron chi connectivity index (χ3n) is 2.61. The number of hydrogen-bond donors (Lipinski definition) is 0. The number of hydrogen-bond acceptors (Lipinski definition) is 0. The predicted octanol–water partition coefficient (Wildman–Crippen LogP) is 4.33. The van der Waals surface area contributed by atoms with Gasteiger partial charge in [-0.25, -0.2) is 8.78 Å². The van der Waals surface area contributed by atoms with Crippen molar-refractivity contribution in [3.8, 4) is 0 Å². The number of halogens is 2. The summed E-state index contributed by atoms with van der Waals surface area (Å²) in [5.74, 6) is -0.941. The number of rotatable bonds is 4. The molecular formula is C13H18F2. The normalized spacial score (nSPS) is 11.8. The van der Waals surface area contributed by atoms with Crippen molar-refractivity contribution in [1.29, 1.82) is 0 Å². The average Bonchev–Trinajstić information content (AvgIpc) is 2.09. The molecule has 1 aromatic carbocycles. The summed E-state index contributed by atoms with van der Waals surface area (Å²) in [6.45, 7) is 6.33. The van der Waals surface area contributed by atoms with Crippen LogP contribution in [0.2, 0.25) is 0 Å². The van der Waals surface area contributed by atoms with Crippen molar-refractivity contribution >= 4 is 0 Å². The highest BCUT2D eigenvalue weighted by Crippen LogP contribution is 2.28. The molecule has 0 aliphatic carbocycles. The second kappa shape index (κ2) is 4.73. The first-order valence-corrected chi connectivity index (χ1v) is 5.38. The van der Waals surface area contributed by atoms with Crippen molar-refractivity contribution in [3.63, 3.8) is 0 Å². The Morgan fingerprint density at radius 1 is 1.20 bits per heavy atom. The van der Waals surface area contributed by atoms with Crippen LogP contribution in [-0.4, -0.2) is 0 Å². The molecule has 84 valence electrons. The standard InChI is InChI=1S/C13H18F2/c1-4-7-13(2,3)9-10-5-6-11(14)8-12(10)15/h5-6,8H,4,7,9H2,1-3H3. The van der Waals surface area contributed by atoms with Gasteiger partial charge in [-0.1, -0.05) is 33.3 Å². The van der Waals surface area contributed by atoms with E-state index in [1.165, 1.54) is 6.07 Å². The fraction of sp³-hybridized carbons (Fsp3) is 0.538. The topological polar surface area (TPSA) is 0 Å². The van der Waals surface area contributed by atoms with Crippen molar-refractivity contribution in [3.05, 3.63) is 35.4 Å². The van der Waals surface area contributed by atoms with Crippen LogP contribution in [0, 0.1) is 17.0 Å². The minimum absolute atomic E-state index is 0.0768. The van der Waals surface area contributed by atoms with Gasteiger partial charge in [-0.05, 0) is 29.9 Å². The van der Waals surface area contributed by atoms with Gasteiger partial charge in [-0.3, -0.25) is 0 Å². The molecule has 0 amide bonds. The lowest BCUT2D eigenvalue weighted by Gasteiger charge is -2.24. The van der Waals surface area contributed by atoms with Crippen LogP contribution < -0.4 is 0 Å². The maximum Gasteiger partial charge on any atom is 0.129 e. The minimum atomic E-state index is -0.510. The summed E-state index contributed by atoms with van der Waals surface area (Å²) in [7, 11) is 0. The van der Waals surface area contributed by atoms with Crippen LogP contribution >= 0.6 is 0 Å². The molecule has 0 aliphatic heterocycles. The molecule has 0 aromatic heterocycles. The molecule has 15 heavy (non-hydrogen) atoms. The first kappa shape index (κ1) is 12.2. The fourth-order valence-corrected chi connectivity index (χ4v) is 1.95. The van der Waals surface area contributed by atoms with Crippen LogP contribution in [-0.2, 0) is 6.42 Å². The Balaban J connectivity index is 2.80. The lowest BCUT2D eigenvalue weighted by Crippen LogP contribution is -2.15. The van der Waals surface area contributed by atoms with E-state index >= 15 is 0 Å². The van der Waals surface area contributed by atoms with E-state index in [4.69, 9.17) is 0 Å². The fourth-order valence-electron chi connectivity index (χ4n) is 1.95. The first-order chi connectivity index (χ1) is 6.94. The maximum absolute atomic E-state index is 13.4. The van der Waals surface area contributed by atoms with Gasteiger partial charge in [0.25, 0.3) is 0 Å². The molecule has 0 atom stereocenters. The molecule has 0 unspecified atom stereocenters. The average molecular weight is 212 g/mol. The zero-order valence-corrected chi connectivity index (χ0v) is 9.61. The van der Waals surface area contributed by atoms with E-state index in [2.05, 4.69) is 20.8 Å². The van der Waals surface area contributed by atoms with Crippen LogP contribution in [0.4, 0.5) is 8.78 Å². The van der Waals surface area contributed by atoms with Gasteiger partial charge in [0, 0.05) is 6.07 Å². The molecule has 0 aliphatic rings. The maximum atomic E-state index is 13.4. The van der Waals surface area contributed by atoms with Crippen LogP contribution in [0.25, 0.3) is 0 Å². The quantitative estimate of drug-likeness (QED) is 0.696. The highest BCUT2D eigenvalue weighted by atomic mass is 19.1. The lowest BCUT2D eigenvalue weighted by atomic mass is 9.82. The van der Waals surface area contributed by atoms with Crippen LogP contribution in [0.1, 0.15) is 39.2 Å². The SMILES string of the molecule is CCCC(C)(C)Cc1ccc(F)cc1F. The zero-order chi connectivity index (χ0) is 11.5. The van der Waals surface area contributed by atoms with Crippen molar-refractivity contribution in [2.45, 2.75) is 40.0 Å². The summed E-state index contributed by atoms with van der Waals surface area (Å²) in [5.41, 5.74) is 0.683. The molecule has 0 radical (unpaired) electrons. The van der Waals surface area contributed by atoms with Crippen LogP contribution in [0.15, 0.2) is 18.2 Å². The van der Waals surface area contributed by atoms with E-state index in [0.717, 1.165) is 18.9 Å². The molecule has 0 spiro atoms. The van der Waals surface area contributed by atoms with Gasteiger partial charge in [0.1, 0.15) is 11.6 Å². The second-order valence-electron chi connectivity index (χ2n) is 4.83. The first-order valence-electron chi connectivity index (χ1n) is 5.38. The van der Waals surface area contributed by atoms with Gasteiger partial charge >= 0.3 is 0 Å². The van der Waals surface area contributed by atoms with Crippen molar-refractivity contribution in [1.82, 2.24) is 0 Å². The molecule has 0 fully saturated rings. The van der Waals surface area contributed by atoms with Crippen LogP contribution in [0.3, 0.4) is 0 Å². The van der Waals surface area contributed by atoms with E-state index < -0.39 is 11.6 Å². The summed E-state index contributed by atoms with van der Waals surface area (Å²) in [6.07, 6.45) is 2.78. The van der Waals surface area contributed by atoms with Gasteiger partial charge in [0.05, 0.1) is 0 Å². The van der Waals surface area contributed by atoms with E-state index in [9.17, 15) is 8.78 Å². The van der Waals surface area contributed by atoms with Crippen molar-refractivity contribution in [2.75, 3.05) is 0 Å². The Morgan fingerprint density at radius 3 is 2.40 bits per heavy atom. The van der Waals surface area contributed by atoms with Crippen LogP contribution in [0.5, 0.6) is 0 Å². The van der Waals surface area contributed by atoms with Gasteiger partial charge in [0.2, 0.25) is 0 Å². The Morgan fingerprint density at radius 2 is 1.87 bits per heavy atom. The molecule has 0 heterocycles. The van der Waals surface area contributed by atoms with Gasteiger partial charge in [-0.15, -0.1) is 0 Å². The van der Waals surface area contributed by atoms with Gasteiger partial charge < -0.3 is 0 Å². The largest absolute Gasteiger partial charge is 0.207 e. The predicted molar refractivity (Wildman–Crippen MR) is 58.8 cm³/mol. The third kappa shape index (κ3) is 3.61. The van der Waals surface area contributed by atoms with Crippen molar-refractivity contribution in [2.24, 2.45) is 5.41 Å². The monoisotopic (exact) mass is 212 g/mol. The summed E-state index contributed by atoms with van der Waals surface area (Å²) >= 11 is 0. The Labute approximate surface area is 90.3 Å². The van der Waals surface area contributed by atoms with E-state index in [-0.39, 0.29) is 5.41 Å². The molecule has 0 bridgehead atoms. The Kier molecular flexibility index (Phi) is 3.83. The molecule has 0 N–H and O–H groups in total. The highest BCUT2D eigenvalue weighted by molar-refractivity contribution is 5.19. The Bertz CT molecular complexity index is 329. The molecule has 2 heteroatoms. The van der Waals surface area contributed by atoms with E-state index in [1.807, 2.05) is 0 Å². The molecule has 0 nitrogen and oxygen atoms in total. The van der Waals surface area contributed by atoms with Gasteiger partial charge in [-0.2, -0.15) is 0 Å². The lowest BCUT2D eigenvalue weighted by molar-refractivity contribution is 0.324. The summed E-state index contributed by atoms with van der Waals surface area (Å²) in [4.78, 5) is 0. The summed E-state index contributed by atoms with van der Waals surface area (Å²) < 4.78 is 26.1. The van der Waals surface area contributed by atoms with E-state index in [0.29, 0.717) is 12.0 Å². The summed E-state index contributed by atoms with van der Waals surface area (Å²) in [5, 5.41) is 0. The molecule has 0 saturated heterocycles. The summed E-state index contributed by atoms with van der Waals surface area (Å²) in [6, 6.07) is 3.82. The molecule has 0 saturated carbocycles. The minimum Gasteiger partial charge on any atom is -0.207 e. The van der Waals surface area contributed by atoms with E-state index in [1.54, 1.807) is 6.07 Å². The van der Waals surface area contributed by atoms with Crippen molar-refractivity contribution < 1.29 is 8.78 Å². The Hall–Kier alpha value is -0.920. The molecule has 1 rings (SSSR count). The smallest absolute Gasteiger partial charge is 0.129 e. The highest BCUT2D eigenvalue weighted by Gasteiger charge is 2.19. The zero-order valence-electron chi connectivity index (χ0n) is 9.61. The number of benzene rings is 1. The second-order valence-corrected chi connectivity index (χ2v) is 4.83. The molecule has 1 aromatic rings. The molecular weight excluding hydrogens is 194 g/mol. The third-order valence-corrected chi connectivity index (χ3v) is 2.61.